The van der Waals surface area contributed by atoms with E-state index in [2.05, 4.69) is 10.7 Å². The van der Waals surface area contributed by atoms with Crippen molar-refractivity contribution in [2.75, 3.05) is 14.1 Å². The van der Waals surface area contributed by atoms with Crippen LogP contribution in [-0.2, 0) is 20.9 Å². The number of hydrazine groups is 1. The molecule has 1 aliphatic heterocycles. The van der Waals surface area contributed by atoms with Crippen LogP contribution >= 0.6 is 0 Å². The molecule has 1 aromatic carbocycles. The van der Waals surface area contributed by atoms with Crippen molar-refractivity contribution in [3.63, 3.8) is 0 Å². The van der Waals surface area contributed by atoms with E-state index in [0.717, 1.165) is 6.07 Å². The molecule has 1 fully saturated rings. The van der Waals surface area contributed by atoms with Crippen LogP contribution in [0.1, 0.15) is 38.7 Å². The van der Waals surface area contributed by atoms with Crippen LogP contribution in [-0.4, -0.2) is 53.8 Å². The first-order valence-electron chi connectivity index (χ1n) is 9.69. The van der Waals surface area contributed by atoms with Gasteiger partial charge in [0.1, 0.15) is 11.9 Å². The van der Waals surface area contributed by atoms with Gasteiger partial charge in [0, 0.05) is 51.2 Å². The van der Waals surface area contributed by atoms with Crippen LogP contribution in [0.25, 0.3) is 0 Å². The van der Waals surface area contributed by atoms with Crippen LogP contribution in [0, 0.1) is 23.4 Å². The number of hydrogen-bond acceptors (Lipinski definition) is 4. The first kappa shape index (κ1) is 23.7. The highest BCUT2D eigenvalue weighted by Crippen LogP contribution is 2.26. The number of amides is 3. The van der Waals surface area contributed by atoms with Crippen LogP contribution in [0.3, 0.4) is 0 Å². The highest BCUT2D eigenvalue weighted by atomic mass is 19.2. The fourth-order valence-corrected chi connectivity index (χ4v) is 3.40. The van der Waals surface area contributed by atoms with Crippen LogP contribution in [0.4, 0.5) is 13.2 Å². The van der Waals surface area contributed by atoms with Gasteiger partial charge in [-0.2, -0.15) is 0 Å². The van der Waals surface area contributed by atoms with Gasteiger partial charge in [-0.05, 0) is 18.4 Å². The number of carbonyl (C=O) groups is 3. The lowest BCUT2D eigenvalue weighted by atomic mass is 10.0. The van der Waals surface area contributed by atoms with Crippen LogP contribution < -0.4 is 10.7 Å². The van der Waals surface area contributed by atoms with E-state index in [9.17, 15) is 27.6 Å². The highest BCUT2D eigenvalue weighted by molar-refractivity contribution is 5.88. The predicted molar refractivity (Wildman–Crippen MR) is 103 cm³/mol. The van der Waals surface area contributed by atoms with Gasteiger partial charge in [-0.1, -0.05) is 13.8 Å². The third kappa shape index (κ3) is 5.94. The fraction of sp³-hybridized carbons (Fsp3) is 0.550. The van der Waals surface area contributed by atoms with Crippen molar-refractivity contribution in [3.05, 3.63) is 35.1 Å². The third-order valence-corrected chi connectivity index (χ3v) is 4.88. The van der Waals surface area contributed by atoms with Gasteiger partial charge in [-0.25, -0.2) is 18.2 Å². The molecule has 1 saturated heterocycles. The molecule has 10 heteroatoms. The number of rotatable bonds is 8. The Balaban J connectivity index is 2.08. The maximum Gasteiger partial charge on any atom is 0.257 e. The molecule has 2 atom stereocenters. The summed E-state index contributed by atoms with van der Waals surface area (Å²) in [6, 6.07) is -0.0739. The molecule has 0 spiro atoms. The Morgan fingerprint density at radius 2 is 1.90 bits per heavy atom. The first-order valence-corrected chi connectivity index (χ1v) is 9.69. The van der Waals surface area contributed by atoms with Gasteiger partial charge >= 0.3 is 0 Å². The van der Waals surface area contributed by atoms with Gasteiger partial charge in [0.2, 0.25) is 11.8 Å². The van der Waals surface area contributed by atoms with Crippen molar-refractivity contribution in [2.45, 2.75) is 51.7 Å². The minimum absolute atomic E-state index is 0.108. The molecule has 2 N–H and O–H groups in total. The summed E-state index contributed by atoms with van der Waals surface area (Å²) in [6.07, 6.45) is 0.387. The molecule has 0 aromatic heterocycles. The monoisotopic (exact) mass is 428 g/mol. The lowest BCUT2D eigenvalue weighted by Crippen LogP contribution is -2.53. The third-order valence-electron chi connectivity index (χ3n) is 4.88. The van der Waals surface area contributed by atoms with E-state index in [4.69, 9.17) is 0 Å². The van der Waals surface area contributed by atoms with E-state index in [0.29, 0.717) is 12.5 Å². The van der Waals surface area contributed by atoms with Gasteiger partial charge in [0.05, 0.1) is 0 Å². The van der Waals surface area contributed by atoms with Gasteiger partial charge in [-0.15, -0.1) is 0 Å². The number of benzene rings is 1. The number of carbonyl (C=O) groups excluding carboxylic acids is 3. The summed E-state index contributed by atoms with van der Waals surface area (Å²) in [5.74, 6) is -4.84. The Kier molecular flexibility index (Phi) is 7.83. The molecule has 166 valence electrons. The van der Waals surface area contributed by atoms with Gasteiger partial charge in [0.15, 0.2) is 11.6 Å². The molecule has 0 saturated carbocycles. The molecule has 1 unspecified atom stereocenters. The minimum atomic E-state index is -1.34. The molecular formula is C20H27F3N4O3. The molecule has 1 aromatic rings. The Bertz CT molecular complexity index is 817. The van der Waals surface area contributed by atoms with Gasteiger partial charge < -0.3 is 10.2 Å². The van der Waals surface area contributed by atoms with Crippen molar-refractivity contribution < 1.29 is 27.6 Å². The maximum absolute atomic E-state index is 14.0. The normalized spacial score (nSPS) is 17.6. The summed E-state index contributed by atoms with van der Waals surface area (Å²) in [5.41, 5.74) is 2.30. The number of halogens is 3. The smallest absolute Gasteiger partial charge is 0.257 e. The predicted octanol–water partition coefficient (Wildman–Crippen LogP) is 1.72. The van der Waals surface area contributed by atoms with E-state index in [1.165, 1.54) is 9.91 Å². The fourth-order valence-electron chi connectivity index (χ4n) is 3.40. The molecule has 0 radical (unpaired) electrons. The quantitative estimate of drug-likeness (QED) is 0.488. The topological polar surface area (TPSA) is 81.8 Å². The Morgan fingerprint density at radius 3 is 2.50 bits per heavy atom. The molecule has 1 aliphatic rings. The summed E-state index contributed by atoms with van der Waals surface area (Å²) in [4.78, 5) is 38.3. The second kappa shape index (κ2) is 9.92. The van der Waals surface area contributed by atoms with Crippen LogP contribution in [0.15, 0.2) is 12.1 Å². The van der Waals surface area contributed by atoms with E-state index >= 15 is 0 Å². The first-order chi connectivity index (χ1) is 14.0. The van der Waals surface area contributed by atoms with E-state index < -0.39 is 35.4 Å². The molecule has 2 rings (SSSR count). The van der Waals surface area contributed by atoms with E-state index in [1.807, 2.05) is 0 Å². The number of hydrogen-bond donors (Lipinski definition) is 2. The number of likely N-dealkylation sites (tertiary alicyclic amines) is 1. The lowest BCUT2D eigenvalue weighted by Gasteiger charge is -2.27. The van der Waals surface area contributed by atoms with Crippen molar-refractivity contribution >= 4 is 17.7 Å². The largest absolute Gasteiger partial charge is 0.344 e. The molecule has 30 heavy (non-hydrogen) atoms. The summed E-state index contributed by atoms with van der Waals surface area (Å²) in [5, 5.41) is 4.13. The molecule has 3 amide bonds. The molecular weight excluding hydrogens is 401 g/mol. The van der Waals surface area contributed by atoms with Crippen molar-refractivity contribution in [2.24, 2.45) is 5.92 Å². The molecule has 0 bridgehead atoms. The second-order valence-electron chi connectivity index (χ2n) is 7.94. The van der Waals surface area contributed by atoms with E-state index in [1.54, 1.807) is 27.9 Å². The van der Waals surface area contributed by atoms with E-state index in [-0.39, 0.29) is 42.7 Å². The number of nitrogens with one attached hydrogen (secondary N) is 2. The van der Waals surface area contributed by atoms with Gasteiger partial charge in [0.25, 0.3) is 5.91 Å². The summed E-state index contributed by atoms with van der Waals surface area (Å²) in [7, 11) is 3.29. The van der Waals surface area contributed by atoms with Crippen LogP contribution in [0.5, 0.6) is 0 Å². The SMILES string of the molecule is CC(C)C(NC(=O)C[C@@H]1CCC(=O)N1Cc1cc(F)cc(F)c1F)C(=O)NN(C)C. The highest BCUT2D eigenvalue weighted by Gasteiger charge is 2.34. The Hall–Kier alpha value is -2.62. The summed E-state index contributed by atoms with van der Waals surface area (Å²) in [6.45, 7) is 3.23. The average molecular weight is 428 g/mol. The average Bonchev–Trinajstić information content (AvgIpc) is 2.96. The zero-order valence-electron chi connectivity index (χ0n) is 17.5. The molecule has 7 nitrogen and oxygen atoms in total. The van der Waals surface area contributed by atoms with Gasteiger partial charge in [-0.3, -0.25) is 19.8 Å². The standard InChI is InChI=1S/C20H27F3N4O3/c1-11(2)19(20(30)25-26(3)4)24-16(28)9-14-5-6-17(29)27(14)10-12-7-13(21)8-15(22)18(12)23/h7-8,11,14,19H,5-6,9-10H2,1-4H3,(H,24,28)(H,25,30)/t14-,19?/m0/s1. The summed E-state index contributed by atoms with van der Waals surface area (Å²) >= 11 is 0. The van der Waals surface area contributed by atoms with Crippen molar-refractivity contribution in [1.82, 2.24) is 20.7 Å². The van der Waals surface area contributed by atoms with Crippen molar-refractivity contribution in [1.29, 1.82) is 0 Å². The Morgan fingerprint density at radius 1 is 1.23 bits per heavy atom. The van der Waals surface area contributed by atoms with Crippen molar-refractivity contribution in [3.8, 4) is 0 Å². The molecule has 0 aliphatic carbocycles. The van der Waals surface area contributed by atoms with Crippen LogP contribution in [0.2, 0.25) is 0 Å². The zero-order chi connectivity index (χ0) is 22.6. The number of nitrogens with zero attached hydrogens (tertiary/aromatic N) is 2. The zero-order valence-corrected chi connectivity index (χ0v) is 17.5. The Labute approximate surface area is 173 Å². The second-order valence-corrected chi connectivity index (χ2v) is 7.94. The lowest BCUT2D eigenvalue weighted by molar-refractivity contribution is -0.134. The maximum atomic E-state index is 14.0. The minimum Gasteiger partial charge on any atom is -0.344 e. The summed E-state index contributed by atoms with van der Waals surface area (Å²) < 4.78 is 40.9. The molecule has 1 heterocycles.